The molecule has 1 atom stereocenters. The number of likely N-dealkylation sites (tertiary alicyclic amines) is 1. The molecule has 2 rings (SSSR count). The summed E-state index contributed by atoms with van der Waals surface area (Å²) in [5.74, 6) is 0.745. The maximum atomic E-state index is 5.85. The maximum Gasteiger partial charge on any atom is 0.213 e. The summed E-state index contributed by atoms with van der Waals surface area (Å²) >= 11 is 0. The third-order valence-electron chi connectivity index (χ3n) is 2.31. The first-order chi connectivity index (χ1) is 6.34. The Morgan fingerprint density at radius 3 is 3.31 bits per heavy atom. The van der Waals surface area contributed by atoms with E-state index >= 15 is 0 Å². The van der Waals surface area contributed by atoms with Gasteiger partial charge in [0.15, 0.2) is 5.82 Å². The van der Waals surface area contributed by atoms with Crippen molar-refractivity contribution in [2.45, 2.75) is 25.4 Å². The maximum absolute atomic E-state index is 5.85. The fourth-order valence-electron chi connectivity index (χ4n) is 1.70. The molecule has 0 saturated carbocycles. The van der Waals surface area contributed by atoms with Crippen LogP contribution in [0.3, 0.4) is 0 Å². The highest BCUT2D eigenvalue weighted by Crippen LogP contribution is 2.10. The average molecular weight is 182 g/mol. The zero-order valence-corrected chi connectivity index (χ0v) is 7.52. The van der Waals surface area contributed by atoms with Crippen LogP contribution in [0.15, 0.2) is 10.9 Å². The lowest BCUT2D eigenvalue weighted by Gasteiger charge is -2.29. The molecule has 5 nitrogen and oxygen atoms in total. The highest BCUT2D eigenvalue weighted by Gasteiger charge is 2.17. The van der Waals surface area contributed by atoms with Crippen molar-refractivity contribution in [1.82, 2.24) is 15.0 Å². The molecule has 1 saturated heterocycles. The Hall–Kier alpha value is -0.940. The van der Waals surface area contributed by atoms with Crippen LogP contribution >= 0.6 is 0 Å². The number of hydrogen-bond donors (Lipinski definition) is 1. The molecular weight excluding hydrogens is 168 g/mol. The number of nitrogens with two attached hydrogens (primary N) is 1. The first kappa shape index (κ1) is 8.65. The van der Waals surface area contributed by atoms with Crippen LogP contribution in [0.5, 0.6) is 0 Å². The number of rotatable bonds is 2. The molecule has 0 bridgehead atoms. The van der Waals surface area contributed by atoms with Gasteiger partial charge in [0.1, 0.15) is 0 Å². The first-order valence-corrected chi connectivity index (χ1v) is 4.58. The lowest BCUT2D eigenvalue weighted by atomic mass is 10.1. The molecule has 2 heterocycles. The van der Waals surface area contributed by atoms with Crippen molar-refractivity contribution >= 4 is 0 Å². The van der Waals surface area contributed by atoms with E-state index in [1.807, 2.05) is 0 Å². The first-order valence-electron chi connectivity index (χ1n) is 4.58. The highest BCUT2D eigenvalue weighted by atomic mass is 16.5. The number of aromatic nitrogens is 2. The van der Waals surface area contributed by atoms with Crippen LogP contribution in [0.4, 0.5) is 0 Å². The minimum Gasteiger partial charge on any atom is -0.343 e. The van der Waals surface area contributed by atoms with Crippen molar-refractivity contribution in [2.75, 3.05) is 13.1 Å². The quantitative estimate of drug-likeness (QED) is 0.696. The summed E-state index contributed by atoms with van der Waals surface area (Å²) in [6, 6.07) is 0.306. The topological polar surface area (TPSA) is 68.2 Å². The van der Waals surface area contributed by atoms with Gasteiger partial charge >= 0.3 is 0 Å². The second-order valence-corrected chi connectivity index (χ2v) is 3.48. The third kappa shape index (κ3) is 2.26. The predicted octanol–water partition coefficient (Wildman–Crippen LogP) is -0.00730. The predicted molar refractivity (Wildman–Crippen MR) is 46.8 cm³/mol. The van der Waals surface area contributed by atoms with Crippen LogP contribution in [0.2, 0.25) is 0 Å². The summed E-state index contributed by atoms with van der Waals surface area (Å²) in [4.78, 5) is 6.24. The van der Waals surface area contributed by atoms with Crippen molar-refractivity contribution in [3.63, 3.8) is 0 Å². The molecule has 1 aliphatic rings. The molecule has 0 amide bonds. The third-order valence-corrected chi connectivity index (χ3v) is 2.31. The molecule has 13 heavy (non-hydrogen) atoms. The van der Waals surface area contributed by atoms with Gasteiger partial charge in [-0.2, -0.15) is 4.98 Å². The van der Waals surface area contributed by atoms with E-state index in [1.165, 1.54) is 12.8 Å². The second-order valence-electron chi connectivity index (χ2n) is 3.48. The summed E-state index contributed by atoms with van der Waals surface area (Å²) in [6.07, 6.45) is 3.65. The molecule has 0 aromatic carbocycles. The van der Waals surface area contributed by atoms with Crippen LogP contribution in [0.1, 0.15) is 18.7 Å². The number of hydrogen-bond acceptors (Lipinski definition) is 5. The lowest BCUT2D eigenvalue weighted by molar-refractivity contribution is 0.195. The molecule has 0 spiro atoms. The summed E-state index contributed by atoms with van der Waals surface area (Å²) in [5, 5.41) is 3.77. The summed E-state index contributed by atoms with van der Waals surface area (Å²) < 4.78 is 4.66. The van der Waals surface area contributed by atoms with E-state index in [2.05, 4.69) is 19.6 Å². The van der Waals surface area contributed by atoms with E-state index in [9.17, 15) is 0 Å². The van der Waals surface area contributed by atoms with Crippen LogP contribution in [-0.2, 0) is 6.54 Å². The highest BCUT2D eigenvalue weighted by molar-refractivity contribution is 4.82. The molecule has 0 aliphatic carbocycles. The van der Waals surface area contributed by atoms with Gasteiger partial charge in [0.05, 0.1) is 6.54 Å². The Balaban J connectivity index is 1.87. The molecule has 1 aliphatic heterocycles. The summed E-state index contributed by atoms with van der Waals surface area (Å²) in [5.41, 5.74) is 5.85. The standard InChI is InChI=1S/C8H14N4O/c9-7-2-1-3-12(4-7)5-8-10-6-13-11-8/h6-7H,1-5,9H2/t7-/m1/s1. The van der Waals surface area contributed by atoms with Gasteiger partial charge in [-0.3, -0.25) is 4.90 Å². The monoisotopic (exact) mass is 182 g/mol. The molecule has 2 N–H and O–H groups in total. The molecule has 1 aromatic heterocycles. The molecule has 0 unspecified atom stereocenters. The van der Waals surface area contributed by atoms with Gasteiger partial charge in [-0.05, 0) is 19.4 Å². The zero-order chi connectivity index (χ0) is 9.10. The second kappa shape index (κ2) is 3.85. The summed E-state index contributed by atoms with van der Waals surface area (Å²) in [6.45, 7) is 2.78. The van der Waals surface area contributed by atoms with Crippen LogP contribution in [0.25, 0.3) is 0 Å². The number of nitrogens with zero attached hydrogens (tertiary/aromatic N) is 3. The van der Waals surface area contributed by atoms with Gasteiger partial charge < -0.3 is 10.3 Å². The molecule has 5 heteroatoms. The average Bonchev–Trinajstić information content (AvgIpc) is 2.57. The van der Waals surface area contributed by atoms with E-state index in [0.29, 0.717) is 6.04 Å². The lowest BCUT2D eigenvalue weighted by Crippen LogP contribution is -2.42. The SMILES string of the molecule is N[C@@H]1CCCN(Cc2ncon2)C1. The normalized spacial score (nSPS) is 24.8. The van der Waals surface area contributed by atoms with Gasteiger partial charge in [0.25, 0.3) is 0 Å². The van der Waals surface area contributed by atoms with E-state index in [1.54, 1.807) is 0 Å². The van der Waals surface area contributed by atoms with Gasteiger partial charge in [-0.1, -0.05) is 5.16 Å². The Morgan fingerprint density at radius 2 is 2.62 bits per heavy atom. The smallest absolute Gasteiger partial charge is 0.213 e. The van der Waals surface area contributed by atoms with Gasteiger partial charge in [-0.15, -0.1) is 0 Å². The largest absolute Gasteiger partial charge is 0.343 e. The van der Waals surface area contributed by atoms with Crippen molar-refractivity contribution in [3.05, 3.63) is 12.2 Å². The van der Waals surface area contributed by atoms with Crippen molar-refractivity contribution in [1.29, 1.82) is 0 Å². The Morgan fingerprint density at radius 1 is 1.69 bits per heavy atom. The van der Waals surface area contributed by atoms with Crippen molar-refractivity contribution < 1.29 is 4.52 Å². The van der Waals surface area contributed by atoms with Gasteiger partial charge in [0.2, 0.25) is 6.39 Å². The Bertz CT molecular complexity index is 249. The van der Waals surface area contributed by atoms with E-state index in [0.717, 1.165) is 31.9 Å². The zero-order valence-electron chi connectivity index (χ0n) is 7.52. The van der Waals surface area contributed by atoms with Gasteiger partial charge in [-0.25, -0.2) is 0 Å². The van der Waals surface area contributed by atoms with E-state index in [-0.39, 0.29) is 0 Å². The van der Waals surface area contributed by atoms with Crippen molar-refractivity contribution in [2.24, 2.45) is 5.73 Å². The number of piperidine rings is 1. The summed E-state index contributed by atoms with van der Waals surface area (Å²) in [7, 11) is 0. The fraction of sp³-hybridized carbons (Fsp3) is 0.750. The molecular formula is C8H14N4O. The minimum atomic E-state index is 0.306. The Kier molecular flexibility index (Phi) is 2.56. The molecule has 0 radical (unpaired) electrons. The minimum absolute atomic E-state index is 0.306. The van der Waals surface area contributed by atoms with E-state index < -0.39 is 0 Å². The van der Waals surface area contributed by atoms with Crippen LogP contribution in [0, 0.1) is 0 Å². The van der Waals surface area contributed by atoms with Crippen LogP contribution < -0.4 is 5.73 Å². The molecule has 1 fully saturated rings. The molecule has 1 aromatic rings. The van der Waals surface area contributed by atoms with Gasteiger partial charge in [0, 0.05) is 12.6 Å². The Labute approximate surface area is 76.9 Å². The van der Waals surface area contributed by atoms with Crippen LogP contribution in [-0.4, -0.2) is 34.2 Å². The fourth-order valence-corrected chi connectivity index (χ4v) is 1.70. The van der Waals surface area contributed by atoms with Crippen molar-refractivity contribution in [3.8, 4) is 0 Å². The van der Waals surface area contributed by atoms with E-state index in [4.69, 9.17) is 5.73 Å². The molecule has 72 valence electrons.